The summed E-state index contributed by atoms with van der Waals surface area (Å²) in [5, 5.41) is 2.92. The summed E-state index contributed by atoms with van der Waals surface area (Å²) in [6.45, 7) is 3.63. The second-order valence-electron chi connectivity index (χ2n) is 6.91. The van der Waals surface area contributed by atoms with Crippen LogP contribution in [0.15, 0.2) is 24.3 Å². The van der Waals surface area contributed by atoms with Crippen LogP contribution in [0.4, 0.5) is 0 Å². The van der Waals surface area contributed by atoms with Crippen LogP contribution in [0.3, 0.4) is 0 Å². The van der Waals surface area contributed by atoms with E-state index in [0.717, 1.165) is 5.56 Å². The molecule has 6 heteroatoms. The van der Waals surface area contributed by atoms with Crippen LogP contribution in [-0.4, -0.2) is 35.8 Å². The number of hydrogen-bond acceptors (Lipinski definition) is 3. The Kier molecular flexibility index (Phi) is 6.24. The summed E-state index contributed by atoms with van der Waals surface area (Å²) >= 11 is 0. The van der Waals surface area contributed by atoms with Gasteiger partial charge in [0, 0.05) is 32.1 Å². The molecule has 2 aliphatic rings. The van der Waals surface area contributed by atoms with Crippen LogP contribution in [0.5, 0.6) is 0 Å². The summed E-state index contributed by atoms with van der Waals surface area (Å²) in [6, 6.07) is 8.20. The molecule has 1 aliphatic heterocycles. The van der Waals surface area contributed by atoms with E-state index >= 15 is 0 Å². The lowest BCUT2D eigenvalue weighted by Crippen LogP contribution is -2.41. The molecule has 5 nitrogen and oxygen atoms in total. The number of nitrogens with one attached hydrogen (secondary N) is 1. The van der Waals surface area contributed by atoms with Gasteiger partial charge in [-0.2, -0.15) is 0 Å². The smallest absolute Gasteiger partial charge is 0.225 e. The van der Waals surface area contributed by atoms with Crippen LogP contribution in [0, 0.1) is 18.8 Å². The van der Waals surface area contributed by atoms with E-state index in [1.54, 1.807) is 4.90 Å². The highest BCUT2D eigenvalue weighted by atomic mass is 35.5. The minimum atomic E-state index is -0.251. The van der Waals surface area contributed by atoms with Gasteiger partial charge in [-0.1, -0.05) is 29.8 Å². The summed E-state index contributed by atoms with van der Waals surface area (Å²) in [5.41, 5.74) is 8.30. The van der Waals surface area contributed by atoms with Gasteiger partial charge in [-0.15, -0.1) is 12.4 Å². The van der Waals surface area contributed by atoms with E-state index in [1.807, 2.05) is 31.2 Å². The lowest BCUT2D eigenvalue weighted by molar-refractivity contribution is -0.129. The molecule has 1 aliphatic carbocycles. The summed E-state index contributed by atoms with van der Waals surface area (Å²) in [4.78, 5) is 26.1. The van der Waals surface area contributed by atoms with Crippen LogP contribution >= 0.6 is 12.4 Å². The zero-order chi connectivity index (χ0) is 16.4. The number of carbonyl (C=O) groups excluding carboxylic acids is 2. The molecule has 24 heavy (non-hydrogen) atoms. The Morgan fingerprint density at radius 1 is 1.33 bits per heavy atom. The Hall–Kier alpha value is -1.59. The van der Waals surface area contributed by atoms with Gasteiger partial charge in [-0.25, -0.2) is 0 Å². The van der Waals surface area contributed by atoms with Gasteiger partial charge in [0.25, 0.3) is 0 Å². The van der Waals surface area contributed by atoms with Crippen molar-refractivity contribution in [2.75, 3.05) is 13.1 Å². The monoisotopic (exact) mass is 351 g/mol. The lowest BCUT2D eigenvalue weighted by Gasteiger charge is -2.17. The average molecular weight is 352 g/mol. The maximum atomic E-state index is 12.2. The fourth-order valence-electron chi connectivity index (χ4n) is 3.07. The van der Waals surface area contributed by atoms with Gasteiger partial charge in [-0.3, -0.25) is 9.59 Å². The molecule has 0 bridgehead atoms. The van der Waals surface area contributed by atoms with Gasteiger partial charge < -0.3 is 16.0 Å². The number of nitrogens with zero attached hydrogens (tertiary/aromatic N) is 1. The molecule has 2 amide bonds. The first kappa shape index (κ1) is 18.7. The summed E-state index contributed by atoms with van der Waals surface area (Å²) in [7, 11) is 0. The van der Waals surface area contributed by atoms with Gasteiger partial charge >= 0.3 is 0 Å². The Morgan fingerprint density at radius 2 is 2.00 bits per heavy atom. The molecule has 2 fully saturated rings. The highest BCUT2D eigenvalue weighted by molar-refractivity contribution is 5.89. The van der Waals surface area contributed by atoms with E-state index in [2.05, 4.69) is 5.32 Å². The molecule has 1 heterocycles. The van der Waals surface area contributed by atoms with Crippen LogP contribution in [0.25, 0.3) is 0 Å². The Morgan fingerprint density at radius 3 is 2.62 bits per heavy atom. The number of benzene rings is 1. The number of aryl methyl sites for hydroxylation is 1. The molecular weight excluding hydrogens is 326 g/mol. The molecule has 2 atom stereocenters. The number of amides is 2. The Labute approximate surface area is 149 Å². The third-order valence-corrected chi connectivity index (χ3v) is 4.82. The molecule has 1 aromatic carbocycles. The van der Waals surface area contributed by atoms with E-state index < -0.39 is 0 Å². The maximum absolute atomic E-state index is 12.2. The molecule has 3 N–H and O–H groups in total. The number of rotatable bonds is 6. The largest absolute Gasteiger partial charge is 0.354 e. The summed E-state index contributed by atoms with van der Waals surface area (Å²) < 4.78 is 0. The zero-order valence-corrected chi connectivity index (χ0v) is 14.8. The molecule has 2 unspecified atom stereocenters. The first-order valence-electron chi connectivity index (χ1n) is 8.39. The standard InChI is InChI=1S/C18H25N3O2.ClH/c1-12-2-4-13(5-3-12)10-21-11-15(8-17(21)22)18(23)20-9-16(19)14-6-7-14;/h2-5,14-16H,6-11,19H2,1H3,(H,20,23);1H. The fourth-order valence-corrected chi connectivity index (χ4v) is 3.07. The third kappa shape index (κ3) is 4.71. The van der Waals surface area contributed by atoms with Gasteiger partial charge in [0.05, 0.1) is 5.92 Å². The average Bonchev–Trinajstić information content (AvgIpc) is 3.32. The highest BCUT2D eigenvalue weighted by Crippen LogP contribution is 2.31. The lowest BCUT2D eigenvalue weighted by atomic mass is 10.1. The quantitative estimate of drug-likeness (QED) is 0.817. The first-order chi connectivity index (χ1) is 11.0. The summed E-state index contributed by atoms with van der Waals surface area (Å²) in [6.07, 6.45) is 2.64. The maximum Gasteiger partial charge on any atom is 0.225 e. The normalized spacial score (nSPS) is 21.3. The van der Waals surface area contributed by atoms with Gasteiger partial charge in [0.1, 0.15) is 0 Å². The number of halogens is 1. The zero-order valence-electron chi connectivity index (χ0n) is 14.0. The molecule has 0 spiro atoms. The third-order valence-electron chi connectivity index (χ3n) is 4.82. The van der Waals surface area contributed by atoms with Gasteiger partial charge in [-0.05, 0) is 31.2 Å². The second kappa shape index (κ2) is 7.99. The van der Waals surface area contributed by atoms with Crippen molar-refractivity contribution in [1.29, 1.82) is 0 Å². The molecule has 0 aromatic heterocycles. The minimum Gasteiger partial charge on any atom is -0.354 e. The summed E-state index contributed by atoms with van der Waals surface area (Å²) in [5.74, 6) is 0.330. The van der Waals surface area contributed by atoms with E-state index in [4.69, 9.17) is 5.73 Å². The highest BCUT2D eigenvalue weighted by Gasteiger charge is 2.35. The predicted octanol–water partition coefficient (Wildman–Crippen LogP) is 1.62. The van der Waals surface area contributed by atoms with Gasteiger partial charge in [0.15, 0.2) is 0 Å². The molecule has 1 aromatic rings. The van der Waals surface area contributed by atoms with Crippen molar-refractivity contribution in [2.24, 2.45) is 17.6 Å². The van der Waals surface area contributed by atoms with Crippen molar-refractivity contribution in [3.05, 3.63) is 35.4 Å². The number of hydrogen-bond donors (Lipinski definition) is 2. The number of carbonyl (C=O) groups is 2. The number of nitrogens with two attached hydrogens (primary N) is 1. The van der Waals surface area contributed by atoms with Crippen molar-refractivity contribution in [2.45, 2.75) is 38.8 Å². The number of likely N-dealkylation sites (tertiary alicyclic amines) is 1. The van der Waals surface area contributed by atoms with Crippen LogP contribution in [-0.2, 0) is 16.1 Å². The minimum absolute atomic E-state index is 0. The molecule has 3 rings (SSSR count). The Balaban J connectivity index is 0.00000208. The van der Waals surface area contributed by atoms with E-state index in [1.165, 1.54) is 18.4 Å². The van der Waals surface area contributed by atoms with Crippen molar-refractivity contribution < 1.29 is 9.59 Å². The molecule has 132 valence electrons. The molecule has 1 saturated heterocycles. The molecular formula is C18H26ClN3O2. The predicted molar refractivity (Wildman–Crippen MR) is 95.7 cm³/mol. The van der Waals surface area contributed by atoms with Crippen molar-refractivity contribution in [1.82, 2.24) is 10.2 Å². The SMILES string of the molecule is Cc1ccc(CN2CC(C(=O)NCC(N)C3CC3)CC2=O)cc1.Cl. The van der Waals surface area contributed by atoms with E-state index in [0.29, 0.717) is 32.0 Å². The molecule has 1 saturated carbocycles. The van der Waals surface area contributed by atoms with Gasteiger partial charge in [0.2, 0.25) is 11.8 Å². The topological polar surface area (TPSA) is 75.4 Å². The van der Waals surface area contributed by atoms with Crippen LogP contribution in [0.1, 0.15) is 30.4 Å². The first-order valence-corrected chi connectivity index (χ1v) is 8.39. The van der Waals surface area contributed by atoms with E-state index in [-0.39, 0.29) is 36.2 Å². The van der Waals surface area contributed by atoms with Crippen molar-refractivity contribution in [3.63, 3.8) is 0 Å². The van der Waals surface area contributed by atoms with Crippen molar-refractivity contribution >= 4 is 24.2 Å². The Bertz CT molecular complexity index is 586. The molecule has 0 radical (unpaired) electrons. The van der Waals surface area contributed by atoms with Crippen LogP contribution in [0.2, 0.25) is 0 Å². The van der Waals surface area contributed by atoms with E-state index in [9.17, 15) is 9.59 Å². The second-order valence-corrected chi connectivity index (χ2v) is 6.91. The fraction of sp³-hybridized carbons (Fsp3) is 0.556. The van der Waals surface area contributed by atoms with Crippen LogP contribution < -0.4 is 11.1 Å². The van der Waals surface area contributed by atoms with Crippen molar-refractivity contribution in [3.8, 4) is 0 Å².